The molecule has 0 N–H and O–H groups in total. The van der Waals surface area contributed by atoms with Gasteiger partial charge >= 0.3 is 0 Å². The highest BCUT2D eigenvalue weighted by molar-refractivity contribution is 9.10. The van der Waals surface area contributed by atoms with Crippen molar-refractivity contribution >= 4 is 33.1 Å². The SMILES string of the molecule is Cc1cc(C2=Nc3ccc(-c4ccc(Br)nc4)cc3CC(=O)C2)ccn1. The van der Waals surface area contributed by atoms with Crippen LogP contribution in [0.3, 0.4) is 0 Å². The average Bonchev–Trinajstić information content (AvgIpc) is 2.79. The van der Waals surface area contributed by atoms with Crippen LogP contribution in [0.1, 0.15) is 23.2 Å². The van der Waals surface area contributed by atoms with Crippen molar-refractivity contribution in [1.29, 1.82) is 0 Å². The molecule has 4 rings (SSSR count). The van der Waals surface area contributed by atoms with E-state index in [4.69, 9.17) is 4.99 Å². The van der Waals surface area contributed by atoms with Crippen LogP contribution in [0.25, 0.3) is 11.1 Å². The van der Waals surface area contributed by atoms with Gasteiger partial charge in [0.1, 0.15) is 10.4 Å². The van der Waals surface area contributed by atoms with Crippen LogP contribution < -0.4 is 0 Å². The van der Waals surface area contributed by atoms with Gasteiger partial charge in [0, 0.05) is 36.5 Å². The number of Topliss-reactive ketones (excluding diaryl/α,β-unsaturated/α-hetero) is 1. The first kappa shape index (κ1) is 16.8. The maximum atomic E-state index is 12.5. The largest absolute Gasteiger partial charge is 0.299 e. The molecule has 0 radical (unpaired) electrons. The molecule has 1 aliphatic heterocycles. The molecule has 0 aliphatic carbocycles. The summed E-state index contributed by atoms with van der Waals surface area (Å²) in [6.07, 6.45) is 4.31. The lowest BCUT2D eigenvalue weighted by atomic mass is 9.99. The Morgan fingerprint density at radius 3 is 2.54 bits per heavy atom. The highest BCUT2D eigenvalue weighted by Crippen LogP contribution is 2.30. The van der Waals surface area contributed by atoms with Crippen molar-refractivity contribution < 1.29 is 4.79 Å². The Morgan fingerprint density at radius 1 is 0.923 bits per heavy atom. The monoisotopic (exact) mass is 405 g/mol. The highest BCUT2D eigenvalue weighted by Gasteiger charge is 2.18. The number of halogens is 1. The minimum Gasteiger partial charge on any atom is -0.299 e. The number of aromatic nitrogens is 2. The van der Waals surface area contributed by atoms with Gasteiger partial charge in [0.2, 0.25) is 0 Å². The van der Waals surface area contributed by atoms with Crippen LogP contribution >= 0.6 is 15.9 Å². The lowest BCUT2D eigenvalue weighted by Crippen LogP contribution is -2.09. The molecule has 1 aromatic carbocycles. The fraction of sp³-hybridized carbons (Fsp3) is 0.143. The van der Waals surface area contributed by atoms with E-state index >= 15 is 0 Å². The molecule has 0 atom stereocenters. The lowest BCUT2D eigenvalue weighted by molar-refractivity contribution is -0.117. The summed E-state index contributed by atoms with van der Waals surface area (Å²) in [7, 11) is 0. The van der Waals surface area contributed by atoms with Crippen molar-refractivity contribution in [3.8, 4) is 11.1 Å². The predicted molar refractivity (Wildman–Crippen MR) is 106 cm³/mol. The van der Waals surface area contributed by atoms with Crippen molar-refractivity contribution in [2.45, 2.75) is 19.8 Å². The Bertz CT molecular complexity index is 1030. The first-order chi connectivity index (χ1) is 12.6. The normalized spacial score (nSPS) is 13.8. The van der Waals surface area contributed by atoms with E-state index in [9.17, 15) is 4.79 Å². The number of hydrogen-bond donors (Lipinski definition) is 0. The zero-order valence-electron chi connectivity index (χ0n) is 14.2. The van der Waals surface area contributed by atoms with Crippen LogP contribution in [0.15, 0.2) is 64.5 Å². The van der Waals surface area contributed by atoms with Crippen molar-refractivity contribution in [2.24, 2.45) is 4.99 Å². The smallest absolute Gasteiger partial charge is 0.143 e. The minimum absolute atomic E-state index is 0.169. The number of aliphatic imine (C=N–C) groups is 1. The molecule has 0 bridgehead atoms. The van der Waals surface area contributed by atoms with Gasteiger partial charge in [0.25, 0.3) is 0 Å². The molecule has 0 fully saturated rings. The van der Waals surface area contributed by atoms with E-state index in [1.165, 1.54) is 0 Å². The lowest BCUT2D eigenvalue weighted by Gasteiger charge is -2.07. The number of benzene rings is 1. The summed E-state index contributed by atoms with van der Waals surface area (Å²) in [5, 5.41) is 0. The van der Waals surface area contributed by atoms with Crippen molar-refractivity contribution in [3.05, 3.63) is 76.3 Å². The molecule has 2 aromatic heterocycles. The summed E-state index contributed by atoms with van der Waals surface area (Å²) in [5.41, 5.74) is 6.54. The molecule has 4 nitrogen and oxygen atoms in total. The fourth-order valence-corrected chi connectivity index (χ4v) is 3.34. The fourth-order valence-electron chi connectivity index (χ4n) is 3.10. The van der Waals surface area contributed by atoms with E-state index in [1.807, 2.05) is 55.6 Å². The Labute approximate surface area is 160 Å². The number of aryl methyl sites for hydroxylation is 1. The molecule has 26 heavy (non-hydrogen) atoms. The summed E-state index contributed by atoms with van der Waals surface area (Å²) in [5.74, 6) is 0.169. The van der Waals surface area contributed by atoms with E-state index < -0.39 is 0 Å². The van der Waals surface area contributed by atoms with E-state index in [-0.39, 0.29) is 5.78 Å². The van der Waals surface area contributed by atoms with Crippen LogP contribution in [0.4, 0.5) is 5.69 Å². The number of fused-ring (bicyclic) bond motifs is 1. The topological polar surface area (TPSA) is 55.2 Å². The number of carbonyl (C=O) groups excluding carboxylic acids is 1. The number of rotatable bonds is 2. The standard InChI is InChI=1S/C21H16BrN3O/c1-13-8-15(6-7-23-13)20-11-18(26)10-17-9-14(2-4-19(17)25-20)16-3-5-21(22)24-12-16/h2-9,12H,10-11H2,1H3. The molecule has 128 valence electrons. The summed E-state index contributed by atoms with van der Waals surface area (Å²) < 4.78 is 0.799. The zero-order chi connectivity index (χ0) is 18.1. The van der Waals surface area contributed by atoms with Crippen LogP contribution in [-0.4, -0.2) is 21.5 Å². The maximum absolute atomic E-state index is 12.5. The molecular weight excluding hydrogens is 390 g/mol. The van der Waals surface area contributed by atoms with Crippen LogP contribution in [0.5, 0.6) is 0 Å². The van der Waals surface area contributed by atoms with E-state index in [0.29, 0.717) is 12.8 Å². The number of hydrogen-bond acceptors (Lipinski definition) is 4. The van der Waals surface area contributed by atoms with Gasteiger partial charge in [0.05, 0.1) is 11.4 Å². The van der Waals surface area contributed by atoms with Gasteiger partial charge in [-0.25, -0.2) is 4.98 Å². The van der Waals surface area contributed by atoms with Gasteiger partial charge in [-0.05, 0) is 69.9 Å². The molecule has 0 unspecified atom stereocenters. The van der Waals surface area contributed by atoms with Crippen molar-refractivity contribution in [3.63, 3.8) is 0 Å². The number of pyridine rings is 2. The molecule has 3 heterocycles. The van der Waals surface area contributed by atoms with Crippen LogP contribution in [0, 0.1) is 6.92 Å². The molecule has 0 saturated carbocycles. The third kappa shape index (κ3) is 3.48. The summed E-state index contributed by atoms with van der Waals surface area (Å²) >= 11 is 3.35. The number of ketones is 1. The Kier molecular flexibility index (Phi) is 4.47. The molecule has 0 spiro atoms. The Hall–Kier alpha value is -2.66. The second-order valence-corrected chi connectivity index (χ2v) is 7.16. The summed E-state index contributed by atoms with van der Waals surface area (Å²) in [6.45, 7) is 1.94. The van der Waals surface area contributed by atoms with Gasteiger partial charge < -0.3 is 0 Å². The predicted octanol–water partition coefficient (Wildman–Crippen LogP) is 4.85. The molecular formula is C21H16BrN3O. The molecule has 0 amide bonds. The average molecular weight is 406 g/mol. The summed E-state index contributed by atoms with van der Waals surface area (Å²) in [4.78, 5) is 25.8. The zero-order valence-corrected chi connectivity index (χ0v) is 15.8. The van der Waals surface area contributed by atoms with E-state index in [2.05, 4.69) is 25.9 Å². The van der Waals surface area contributed by atoms with Crippen molar-refractivity contribution in [2.75, 3.05) is 0 Å². The van der Waals surface area contributed by atoms with E-state index in [0.717, 1.165) is 44.0 Å². The Balaban J connectivity index is 1.77. The Morgan fingerprint density at radius 2 is 1.77 bits per heavy atom. The summed E-state index contributed by atoms with van der Waals surface area (Å²) in [6, 6.07) is 13.9. The molecule has 1 aliphatic rings. The molecule has 3 aromatic rings. The third-order valence-electron chi connectivity index (χ3n) is 4.38. The number of carbonyl (C=O) groups is 1. The molecule has 0 saturated heterocycles. The minimum atomic E-state index is 0.169. The number of nitrogens with zero attached hydrogens (tertiary/aromatic N) is 3. The van der Waals surface area contributed by atoms with E-state index in [1.54, 1.807) is 6.20 Å². The first-order valence-corrected chi connectivity index (χ1v) is 9.15. The maximum Gasteiger partial charge on any atom is 0.143 e. The van der Waals surface area contributed by atoms with Gasteiger partial charge in [0.15, 0.2) is 0 Å². The quantitative estimate of drug-likeness (QED) is 0.572. The van der Waals surface area contributed by atoms with Gasteiger partial charge in [-0.3, -0.25) is 14.8 Å². The van der Waals surface area contributed by atoms with Crippen molar-refractivity contribution in [1.82, 2.24) is 9.97 Å². The second-order valence-electron chi connectivity index (χ2n) is 6.35. The van der Waals surface area contributed by atoms with Gasteiger partial charge in [-0.15, -0.1) is 0 Å². The van der Waals surface area contributed by atoms with Gasteiger partial charge in [-0.1, -0.05) is 12.1 Å². The highest BCUT2D eigenvalue weighted by atomic mass is 79.9. The van der Waals surface area contributed by atoms with Crippen LogP contribution in [-0.2, 0) is 11.2 Å². The van der Waals surface area contributed by atoms with Gasteiger partial charge in [-0.2, -0.15) is 0 Å². The second kappa shape index (κ2) is 6.92. The first-order valence-electron chi connectivity index (χ1n) is 8.35. The third-order valence-corrected chi connectivity index (χ3v) is 4.85. The van der Waals surface area contributed by atoms with Crippen LogP contribution in [0.2, 0.25) is 0 Å². The molecule has 5 heteroatoms.